The van der Waals surface area contributed by atoms with E-state index in [2.05, 4.69) is 15.9 Å². The van der Waals surface area contributed by atoms with Gasteiger partial charge in [-0.3, -0.25) is 4.79 Å². The number of benzene rings is 1. The van der Waals surface area contributed by atoms with Gasteiger partial charge < -0.3 is 4.42 Å². The van der Waals surface area contributed by atoms with Gasteiger partial charge in [0.1, 0.15) is 11.7 Å². The molecule has 1 heterocycles. The molecule has 3 nitrogen and oxygen atoms in total. The molecule has 74 valence electrons. The van der Waals surface area contributed by atoms with Crippen LogP contribution in [-0.4, -0.2) is 0 Å². The summed E-state index contributed by atoms with van der Waals surface area (Å²) in [6.45, 7) is 0. The van der Waals surface area contributed by atoms with E-state index in [-0.39, 0.29) is 5.43 Å². The first-order valence-corrected chi connectivity index (χ1v) is 5.39. The van der Waals surface area contributed by atoms with Crippen molar-refractivity contribution >= 4 is 26.9 Å². The lowest BCUT2D eigenvalue weighted by atomic mass is 10.1. The zero-order valence-corrected chi connectivity index (χ0v) is 9.24. The van der Waals surface area contributed by atoms with Gasteiger partial charge >= 0.3 is 0 Å². The van der Waals surface area contributed by atoms with Crippen LogP contribution in [0.2, 0.25) is 0 Å². The predicted molar refractivity (Wildman–Crippen MR) is 59.8 cm³/mol. The van der Waals surface area contributed by atoms with E-state index in [0.717, 1.165) is 5.56 Å². The molecule has 4 heteroatoms. The van der Waals surface area contributed by atoms with Crippen molar-refractivity contribution in [3.63, 3.8) is 0 Å². The molecule has 0 aliphatic carbocycles. The molecular formula is C11H6BrNO2. The molecule has 1 aromatic heterocycles. The van der Waals surface area contributed by atoms with Crippen LogP contribution >= 0.6 is 15.9 Å². The minimum atomic E-state index is -0.185. The van der Waals surface area contributed by atoms with E-state index < -0.39 is 0 Å². The molecule has 2 rings (SSSR count). The molecule has 0 fully saturated rings. The number of nitriles is 1. The molecule has 0 saturated carbocycles. The predicted octanol–water partition coefficient (Wildman–Crippen LogP) is 2.56. The third-order valence-corrected chi connectivity index (χ3v) is 2.76. The highest BCUT2D eigenvalue weighted by Gasteiger charge is 2.09. The van der Waals surface area contributed by atoms with E-state index in [1.165, 1.54) is 12.3 Å². The molecule has 0 amide bonds. The van der Waals surface area contributed by atoms with Crippen LogP contribution in [0.25, 0.3) is 11.0 Å². The van der Waals surface area contributed by atoms with E-state index in [1.54, 1.807) is 12.1 Å². The van der Waals surface area contributed by atoms with Crippen LogP contribution < -0.4 is 5.43 Å². The number of alkyl halides is 1. The van der Waals surface area contributed by atoms with Crippen LogP contribution in [0.15, 0.2) is 33.7 Å². The molecule has 0 aliphatic rings. The first kappa shape index (κ1) is 9.94. The van der Waals surface area contributed by atoms with Crippen molar-refractivity contribution in [1.82, 2.24) is 0 Å². The summed E-state index contributed by atoms with van der Waals surface area (Å²) >= 11 is 3.30. The van der Waals surface area contributed by atoms with Gasteiger partial charge in [-0.25, -0.2) is 0 Å². The van der Waals surface area contributed by atoms with Gasteiger partial charge in [0, 0.05) is 17.0 Å². The van der Waals surface area contributed by atoms with Crippen molar-refractivity contribution in [3.8, 4) is 6.07 Å². The smallest absolute Gasteiger partial charge is 0.194 e. The second kappa shape index (κ2) is 3.87. The Kier molecular flexibility index (Phi) is 2.57. The quantitative estimate of drug-likeness (QED) is 0.744. The zero-order chi connectivity index (χ0) is 10.8. The standard InChI is InChI=1S/C11H6BrNO2/c12-5-7-1-2-8(6-13)10-9(14)3-4-15-11(7)10/h1-4H,5H2. The lowest BCUT2D eigenvalue weighted by Crippen LogP contribution is -2.02. The number of fused-ring (bicyclic) bond motifs is 1. The fourth-order valence-electron chi connectivity index (χ4n) is 1.45. The third kappa shape index (κ3) is 1.55. The molecule has 0 unspecified atom stereocenters. The Balaban J connectivity index is 3.01. The Morgan fingerprint density at radius 3 is 2.87 bits per heavy atom. The lowest BCUT2D eigenvalue weighted by molar-refractivity contribution is 0.599. The maximum atomic E-state index is 11.6. The van der Waals surface area contributed by atoms with Crippen molar-refractivity contribution < 1.29 is 4.42 Å². The molecule has 0 saturated heterocycles. The van der Waals surface area contributed by atoms with Gasteiger partial charge in [0.05, 0.1) is 17.2 Å². The van der Waals surface area contributed by atoms with Crippen LogP contribution in [0.5, 0.6) is 0 Å². The van der Waals surface area contributed by atoms with Gasteiger partial charge in [-0.2, -0.15) is 5.26 Å². The Morgan fingerprint density at radius 2 is 2.20 bits per heavy atom. The van der Waals surface area contributed by atoms with Gasteiger partial charge in [0.2, 0.25) is 0 Å². The van der Waals surface area contributed by atoms with Crippen molar-refractivity contribution in [1.29, 1.82) is 5.26 Å². The van der Waals surface area contributed by atoms with Crippen molar-refractivity contribution in [2.45, 2.75) is 5.33 Å². The van der Waals surface area contributed by atoms with Crippen LogP contribution in [0, 0.1) is 11.3 Å². The van der Waals surface area contributed by atoms with Gasteiger partial charge in [-0.15, -0.1) is 0 Å². The van der Waals surface area contributed by atoms with Crippen LogP contribution in [0.1, 0.15) is 11.1 Å². The first-order chi connectivity index (χ1) is 7.27. The summed E-state index contributed by atoms with van der Waals surface area (Å²) in [5.41, 5.74) is 1.51. The van der Waals surface area contributed by atoms with Crippen LogP contribution in [0.3, 0.4) is 0 Å². The van der Waals surface area contributed by atoms with Crippen LogP contribution in [0.4, 0.5) is 0 Å². The Morgan fingerprint density at radius 1 is 1.40 bits per heavy atom. The summed E-state index contributed by atoms with van der Waals surface area (Å²) in [6, 6.07) is 6.72. The molecule has 0 aliphatic heterocycles. The van der Waals surface area contributed by atoms with Crippen LogP contribution in [-0.2, 0) is 5.33 Å². The summed E-state index contributed by atoms with van der Waals surface area (Å²) in [4.78, 5) is 11.6. The summed E-state index contributed by atoms with van der Waals surface area (Å²) in [5.74, 6) is 0. The molecule has 0 spiro atoms. The second-order valence-electron chi connectivity index (χ2n) is 3.01. The molecule has 0 bridgehead atoms. The Labute approximate surface area is 94.1 Å². The maximum absolute atomic E-state index is 11.6. The van der Waals surface area contributed by atoms with E-state index >= 15 is 0 Å². The van der Waals surface area contributed by atoms with Crippen molar-refractivity contribution in [2.24, 2.45) is 0 Å². The average Bonchev–Trinajstić information content (AvgIpc) is 2.28. The number of hydrogen-bond acceptors (Lipinski definition) is 3. The number of nitrogens with zero attached hydrogens (tertiary/aromatic N) is 1. The summed E-state index contributed by atoms with van der Waals surface area (Å²) < 4.78 is 5.28. The highest BCUT2D eigenvalue weighted by atomic mass is 79.9. The summed E-state index contributed by atoms with van der Waals surface area (Å²) in [6.07, 6.45) is 1.35. The molecule has 1 aromatic carbocycles. The van der Waals surface area contributed by atoms with Crippen molar-refractivity contribution in [2.75, 3.05) is 0 Å². The first-order valence-electron chi connectivity index (χ1n) is 4.27. The fourth-order valence-corrected chi connectivity index (χ4v) is 1.89. The van der Waals surface area contributed by atoms with E-state index in [0.29, 0.717) is 21.9 Å². The number of halogens is 1. The summed E-state index contributed by atoms with van der Waals surface area (Å²) in [7, 11) is 0. The number of rotatable bonds is 1. The number of hydrogen-bond donors (Lipinski definition) is 0. The van der Waals surface area contributed by atoms with Gasteiger partial charge in [0.15, 0.2) is 5.43 Å². The molecule has 2 aromatic rings. The zero-order valence-electron chi connectivity index (χ0n) is 7.66. The maximum Gasteiger partial charge on any atom is 0.194 e. The SMILES string of the molecule is N#Cc1ccc(CBr)c2occc(=O)c12. The fraction of sp³-hybridized carbons (Fsp3) is 0.0909. The van der Waals surface area contributed by atoms with Gasteiger partial charge in [-0.05, 0) is 6.07 Å². The lowest BCUT2D eigenvalue weighted by Gasteiger charge is -2.02. The van der Waals surface area contributed by atoms with E-state index in [1.807, 2.05) is 6.07 Å². The van der Waals surface area contributed by atoms with Crippen molar-refractivity contribution in [3.05, 3.63) is 45.8 Å². The molecule has 15 heavy (non-hydrogen) atoms. The average molecular weight is 264 g/mol. The molecule has 0 N–H and O–H groups in total. The largest absolute Gasteiger partial charge is 0.464 e. The minimum absolute atomic E-state index is 0.185. The van der Waals surface area contributed by atoms with E-state index in [9.17, 15) is 4.79 Å². The molecule has 0 atom stereocenters. The van der Waals surface area contributed by atoms with Gasteiger partial charge in [0.25, 0.3) is 0 Å². The second-order valence-corrected chi connectivity index (χ2v) is 3.57. The topological polar surface area (TPSA) is 54.0 Å². The normalized spacial score (nSPS) is 10.1. The van der Waals surface area contributed by atoms with E-state index in [4.69, 9.17) is 9.68 Å². The summed E-state index contributed by atoms with van der Waals surface area (Å²) in [5, 5.41) is 9.83. The molecular weight excluding hydrogens is 258 g/mol. The highest BCUT2D eigenvalue weighted by molar-refractivity contribution is 9.08. The highest BCUT2D eigenvalue weighted by Crippen LogP contribution is 2.21. The minimum Gasteiger partial charge on any atom is -0.464 e. The third-order valence-electron chi connectivity index (χ3n) is 2.16. The Bertz CT molecular complexity index is 610. The Hall–Kier alpha value is -1.60. The van der Waals surface area contributed by atoms with Gasteiger partial charge in [-0.1, -0.05) is 22.0 Å². The molecule has 0 radical (unpaired) electrons. The monoisotopic (exact) mass is 263 g/mol.